The molecular formula is C11H8N2O6. The van der Waals surface area contributed by atoms with Crippen molar-refractivity contribution in [1.29, 1.82) is 0 Å². The monoisotopic (exact) mass is 264 g/mol. The van der Waals surface area contributed by atoms with Gasteiger partial charge in [0, 0.05) is 5.56 Å². The first-order chi connectivity index (χ1) is 8.90. The summed E-state index contributed by atoms with van der Waals surface area (Å²) in [5, 5.41) is 31.7. The van der Waals surface area contributed by atoms with Crippen LogP contribution in [0.15, 0.2) is 17.7 Å². The number of nitrogens with one attached hydrogen (secondary N) is 2. The van der Waals surface area contributed by atoms with Gasteiger partial charge in [-0.15, -0.1) is 0 Å². The number of phenols is 3. The fourth-order valence-electron chi connectivity index (χ4n) is 1.46. The van der Waals surface area contributed by atoms with E-state index in [9.17, 15) is 24.6 Å². The van der Waals surface area contributed by atoms with Crippen LogP contribution in [0.3, 0.4) is 0 Å². The van der Waals surface area contributed by atoms with Crippen LogP contribution in [0.25, 0.3) is 6.08 Å². The average Bonchev–Trinajstić information content (AvgIpc) is 2.33. The minimum absolute atomic E-state index is 0.0649. The Bertz CT molecular complexity index is 612. The van der Waals surface area contributed by atoms with Gasteiger partial charge in [0.2, 0.25) is 5.75 Å². The molecule has 4 amide bonds. The minimum Gasteiger partial charge on any atom is -0.504 e. The number of benzene rings is 1. The lowest BCUT2D eigenvalue weighted by Gasteiger charge is -2.14. The van der Waals surface area contributed by atoms with Gasteiger partial charge in [-0.25, -0.2) is 4.79 Å². The number of urea groups is 1. The smallest absolute Gasteiger partial charge is 0.328 e. The Kier molecular flexibility index (Phi) is 2.83. The van der Waals surface area contributed by atoms with Crippen LogP contribution >= 0.6 is 0 Å². The van der Waals surface area contributed by atoms with Gasteiger partial charge in [-0.3, -0.25) is 20.2 Å². The summed E-state index contributed by atoms with van der Waals surface area (Å²) in [6.07, 6.45) is 0.978. The number of imide groups is 2. The third kappa shape index (κ3) is 2.18. The zero-order valence-electron chi connectivity index (χ0n) is 9.30. The van der Waals surface area contributed by atoms with Crippen molar-refractivity contribution in [2.24, 2.45) is 0 Å². The zero-order valence-corrected chi connectivity index (χ0v) is 9.30. The van der Waals surface area contributed by atoms with Crippen molar-refractivity contribution < 1.29 is 29.7 Å². The number of carbonyl (C=O) groups excluding carboxylic acids is 3. The molecule has 0 spiro atoms. The van der Waals surface area contributed by atoms with Crippen molar-refractivity contribution in [3.8, 4) is 17.2 Å². The van der Waals surface area contributed by atoms with Crippen LogP contribution < -0.4 is 10.6 Å². The van der Waals surface area contributed by atoms with E-state index in [2.05, 4.69) is 0 Å². The van der Waals surface area contributed by atoms with Crippen molar-refractivity contribution in [2.45, 2.75) is 0 Å². The molecule has 1 aromatic rings. The minimum atomic E-state index is -0.940. The summed E-state index contributed by atoms with van der Waals surface area (Å²) in [7, 11) is 0. The van der Waals surface area contributed by atoms with Crippen molar-refractivity contribution >= 4 is 23.9 Å². The molecule has 8 heteroatoms. The van der Waals surface area contributed by atoms with Crippen LogP contribution in [0.5, 0.6) is 17.2 Å². The summed E-state index contributed by atoms with van der Waals surface area (Å²) < 4.78 is 0. The van der Waals surface area contributed by atoms with Gasteiger partial charge in [-0.2, -0.15) is 0 Å². The summed E-state index contributed by atoms with van der Waals surface area (Å²) in [5.41, 5.74) is -0.482. The normalized spacial score (nSPS) is 14.9. The molecule has 2 rings (SSSR count). The van der Waals surface area contributed by atoms with Crippen LogP contribution in [-0.4, -0.2) is 33.2 Å². The molecular weight excluding hydrogens is 256 g/mol. The molecule has 0 radical (unpaired) electrons. The van der Waals surface area contributed by atoms with Crippen molar-refractivity contribution in [1.82, 2.24) is 10.6 Å². The molecule has 1 heterocycles. The maximum absolute atomic E-state index is 11.4. The standard InChI is InChI=1S/C11H8N2O6/c14-6-2-1-4(7(15)8(6)16)3-5-9(17)12-11(19)13-10(5)18/h1-3,14-16H,(H2,12,13,17,18,19). The molecule has 19 heavy (non-hydrogen) atoms. The van der Waals surface area contributed by atoms with Gasteiger partial charge in [-0.1, -0.05) is 0 Å². The summed E-state index contributed by atoms with van der Waals surface area (Å²) in [6, 6.07) is 1.32. The third-order valence-electron chi connectivity index (χ3n) is 2.40. The predicted octanol–water partition coefficient (Wildman–Crippen LogP) is -0.447. The highest BCUT2D eigenvalue weighted by atomic mass is 16.3. The molecule has 98 valence electrons. The topological polar surface area (TPSA) is 136 Å². The Morgan fingerprint density at radius 1 is 0.895 bits per heavy atom. The molecule has 0 atom stereocenters. The lowest BCUT2D eigenvalue weighted by molar-refractivity contribution is -0.123. The molecule has 1 aromatic carbocycles. The number of hydrogen-bond donors (Lipinski definition) is 5. The first-order valence-corrected chi connectivity index (χ1v) is 5.02. The molecule has 5 N–H and O–H groups in total. The predicted molar refractivity (Wildman–Crippen MR) is 61.1 cm³/mol. The fourth-order valence-corrected chi connectivity index (χ4v) is 1.46. The summed E-state index contributed by atoms with van der Waals surface area (Å²) in [5.74, 6) is -3.87. The third-order valence-corrected chi connectivity index (χ3v) is 2.40. The maximum atomic E-state index is 11.4. The molecule has 8 nitrogen and oxygen atoms in total. The quantitative estimate of drug-likeness (QED) is 0.265. The Hall–Kier alpha value is -3.03. The number of amides is 4. The zero-order chi connectivity index (χ0) is 14.2. The summed E-state index contributed by atoms with van der Waals surface area (Å²) >= 11 is 0. The highest BCUT2D eigenvalue weighted by molar-refractivity contribution is 6.31. The average molecular weight is 264 g/mol. The second-order valence-electron chi connectivity index (χ2n) is 3.67. The number of phenolic OH excluding ortho intramolecular Hbond substituents is 3. The number of aromatic hydroxyl groups is 3. The van der Waals surface area contributed by atoms with Gasteiger partial charge in [0.15, 0.2) is 11.5 Å². The first kappa shape index (κ1) is 12.4. The molecule has 1 aliphatic rings. The Morgan fingerprint density at radius 3 is 2.05 bits per heavy atom. The van der Waals surface area contributed by atoms with E-state index >= 15 is 0 Å². The van der Waals surface area contributed by atoms with E-state index in [1.165, 1.54) is 6.07 Å². The highest BCUT2D eigenvalue weighted by Gasteiger charge is 2.28. The molecule has 0 saturated carbocycles. The van der Waals surface area contributed by atoms with Gasteiger partial charge in [0.05, 0.1) is 0 Å². The molecule has 1 saturated heterocycles. The first-order valence-electron chi connectivity index (χ1n) is 5.02. The second kappa shape index (κ2) is 4.33. The van der Waals surface area contributed by atoms with E-state index in [0.29, 0.717) is 0 Å². The van der Waals surface area contributed by atoms with Gasteiger partial charge < -0.3 is 15.3 Å². The Balaban J connectivity index is 2.46. The van der Waals surface area contributed by atoms with Crippen LogP contribution in [0.1, 0.15) is 5.56 Å². The van der Waals surface area contributed by atoms with Crippen molar-refractivity contribution in [3.05, 3.63) is 23.3 Å². The van der Waals surface area contributed by atoms with Gasteiger partial charge in [-0.05, 0) is 18.2 Å². The molecule has 0 bridgehead atoms. The van der Waals surface area contributed by atoms with Crippen LogP contribution in [0.2, 0.25) is 0 Å². The molecule has 1 fully saturated rings. The van der Waals surface area contributed by atoms with E-state index in [4.69, 9.17) is 5.11 Å². The SMILES string of the molecule is O=C1NC(=O)C(=Cc2ccc(O)c(O)c2O)C(=O)N1. The number of rotatable bonds is 1. The number of carbonyl (C=O) groups is 3. The van der Waals surface area contributed by atoms with E-state index in [1.807, 2.05) is 10.6 Å². The van der Waals surface area contributed by atoms with Gasteiger partial charge >= 0.3 is 6.03 Å². The number of barbiturate groups is 1. The fraction of sp³-hybridized carbons (Fsp3) is 0. The summed E-state index contributed by atoms with van der Waals surface area (Å²) in [4.78, 5) is 33.7. The van der Waals surface area contributed by atoms with E-state index < -0.39 is 40.7 Å². The van der Waals surface area contributed by atoms with Gasteiger partial charge in [0.1, 0.15) is 5.57 Å². The highest BCUT2D eigenvalue weighted by Crippen LogP contribution is 2.37. The van der Waals surface area contributed by atoms with E-state index in [1.54, 1.807) is 0 Å². The number of hydrogen-bond acceptors (Lipinski definition) is 6. The molecule has 0 unspecified atom stereocenters. The molecule has 1 aliphatic heterocycles. The lowest BCUT2D eigenvalue weighted by Crippen LogP contribution is -2.51. The van der Waals surface area contributed by atoms with Crippen LogP contribution in [0, 0.1) is 0 Å². The van der Waals surface area contributed by atoms with Crippen LogP contribution in [0.4, 0.5) is 4.79 Å². The van der Waals surface area contributed by atoms with E-state index in [-0.39, 0.29) is 5.56 Å². The van der Waals surface area contributed by atoms with Crippen LogP contribution in [-0.2, 0) is 9.59 Å². The maximum Gasteiger partial charge on any atom is 0.328 e. The van der Waals surface area contributed by atoms with Gasteiger partial charge in [0.25, 0.3) is 11.8 Å². The van der Waals surface area contributed by atoms with E-state index in [0.717, 1.165) is 12.1 Å². The Morgan fingerprint density at radius 2 is 1.47 bits per heavy atom. The van der Waals surface area contributed by atoms with Crippen molar-refractivity contribution in [2.75, 3.05) is 0 Å². The second-order valence-corrected chi connectivity index (χ2v) is 3.67. The molecule has 0 aromatic heterocycles. The largest absolute Gasteiger partial charge is 0.504 e. The van der Waals surface area contributed by atoms with Crippen molar-refractivity contribution in [3.63, 3.8) is 0 Å². The Labute approximate surface area is 106 Å². The summed E-state index contributed by atoms with van der Waals surface area (Å²) in [6.45, 7) is 0. The molecule has 0 aliphatic carbocycles. The lowest BCUT2D eigenvalue weighted by atomic mass is 10.1.